The van der Waals surface area contributed by atoms with Crippen molar-refractivity contribution in [1.29, 1.82) is 5.41 Å². The Morgan fingerprint density at radius 1 is 1.19 bits per heavy atom. The highest BCUT2D eigenvalue weighted by molar-refractivity contribution is 6.06. The first-order valence-corrected chi connectivity index (χ1v) is 10.2. The van der Waals surface area contributed by atoms with Gasteiger partial charge in [-0.25, -0.2) is 4.98 Å². The van der Waals surface area contributed by atoms with Gasteiger partial charge in [0.1, 0.15) is 17.1 Å². The van der Waals surface area contributed by atoms with E-state index in [0.717, 1.165) is 33.5 Å². The van der Waals surface area contributed by atoms with E-state index in [1.807, 2.05) is 49.4 Å². The molecule has 0 saturated heterocycles. The number of rotatable bonds is 6. The van der Waals surface area contributed by atoms with Crippen LogP contribution in [0.15, 0.2) is 65.7 Å². The number of ether oxygens (including phenoxy) is 1. The first-order valence-electron chi connectivity index (χ1n) is 10.2. The lowest BCUT2D eigenvalue weighted by atomic mass is 10.0. The van der Waals surface area contributed by atoms with Gasteiger partial charge in [-0.15, -0.1) is 0 Å². The minimum absolute atomic E-state index is 0.0294. The molecule has 0 aliphatic carbocycles. The maximum atomic E-state index is 12.2. The molecule has 2 aromatic carbocycles. The Hall–Kier alpha value is -4.13. The molecule has 0 atom stereocenters. The van der Waals surface area contributed by atoms with Crippen LogP contribution in [0.1, 0.15) is 17.0 Å². The molecule has 0 saturated carbocycles. The van der Waals surface area contributed by atoms with Crippen molar-refractivity contribution < 1.29 is 4.74 Å². The van der Waals surface area contributed by atoms with Crippen LogP contribution in [0.25, 0.3) is 22.2 Å². The Balaban J connectivity index is 1.79. The second kappa shape index (κ2) is 8.55. The summed E-state index contributed by atoms with van der Waals surface area (Å²) in [6, 6.07) is 13.2. The fraction of sp³-hybridized carbons (Fsp3) is 0.160. The van der Waals surface area contributed by atoms with Crippen molar-refractivity contribution in [3.05, 3.63) is 88.2 Å². The van der Waals surface area contributed by atoms with Gasteiger partial charge in [-0.3, -0.25) is 4.79 Å². The summed E-state index contributed by atoms with van der Waals surface area (Å²) in [6.45, 7) is 3.71. The second-order valence-corrected chi connectivity index (χ2v) is 7.65. The lowest BCUT2D eigenvalue weighted by Gasteiger charge is -2.14. The summed E-state index contributed by atoms with van der Waals surface area (Å²) in [5.74, 6) is 2.04. The van der Waals surface area contributed by atoms with E-state index >= 15 is 0 Å². The van der Waals surface area contributed by atoms with Gasteiger partial charge in [0, 0.05) is 37.0 Å². The van der Waals surface area contributed by atoms with Gasteiger partial charge in [-0.2, -0.15) is 0 Å². The molecule has 0 bridgehead atoms. The third-order valence-corrected chi connectivity index (χ3v) is 5.20. The third-order valence-electron chi connectivity index (χ3n) is 5.20. The van der Waals surface area contributed by atoms with Crippen molar-refractivity contribution in [2.24, 2.45) is 7.05 Å². The Bertz CT molecular complexity index is 1370. The zero-order chi connectivity index (χ0) is 22.8. The van der Waals surface area contributed by atoms with Crippen molar-refractivity contribution in [1.82, 2.24) is 19.9 Å². The average Bonchev–Trinajstić information content (AvgIpc) is 3.17. The SMILES string of the molecule is CN/C=C\C(=N)c1ccc(Oc2c(-c3cc(C)c(=O)n(C)c3)ccc3[nH]c(C)nc23)cc1. The van der Waals surface area contributed by atoms with Gasteiger partial charge in [-0.05, 0) is 74.2 Å². The molecule has 0 amide bonds. The molecule has 0 aliphatic heterocycles. The summed E-state index contributed by atoms with van der Waals surface area (Å²) < 4.78 is 7.92. The quantitative estimate of drug-likeness (QED) is 0.397. The molecule has 0 fully saturated rings. The second-order valence-electron chi connectivity index (χ2n) is 7.65. The molecular formula is C25H25N5O2. The highest BCUT2D eigenvalue weighted by Crippen LogP contribution is 2.38. The molecule has 162 valence electrons. The third kappa shape index (κ3) is 4.05. The molecule has 2 aromatic heterocycles. The zero-order valence-electron chi connectivity index (χ0n) is 18.5. The first-order chi connectivity index (χ1) is 15.4. The predicted octanol–water partition coefficient (Wildman–Crippen LogP) is 4.44. The van der Waals surface area contributed by atoms with Crippen LogP contribution in [0.3, 0.4) is 0 Å². The molecule has 4 rings (SSSR count). The molecule has 2 heterocycles. The van der Waals surface area contributed by atoms with E-state index < -0.39 is 0 Å². The van der Waals surface area contributed by atoms with E-state index in [-0.39, 0.29) is 5.56 Å². The standard InChI is InChI=1S/C25H25N5O2/c1-15-13-18(14-30(4)25(15)31)20-9-10-22-23(29-16(2)28-22)24(20)32-19-7-5-17(6-8-19)21(26)11-12-27-3/h5-14,26-27H,1-4H3,(H,28,29)/b12-11-,26-21?. The fourth-order valence-electron chi connectivity index (χ4n) is 3.61. The Morgan fingerprint density at radius 2 is 1.94 bits per heavy atom. The molecule has 7 nitrogen and oxygen atoms in total. The molecule has 4 aromatic rings. The van der Waals surface area contributed by atoms with Crippen molar-refractivity contribution in [2.45, 2.75) is 13.8 Å². The minimum Gasteiger partial charge on any atom is -0.454 e. The van der Waals surface area contributed by atoms with Gasteiger partial charge in [-0.1, -0.05) is 0 Å². The number of aromatic nitrogens is 3. The van der Waals surface area contributed by atoms with Crippen molar-refractivity contribution in [2.75, 3.05) is 7.05 Å². The van der Waals surface area contributed by atoms with Crippen LogP contribution < -0.4 is 15.6 Å². The number of nitrogens with one attached hydrogen (secondary N) is 3. The molecule has 0 spiro atoms. The number of benzene rings is 2. The van der Waals surface area contributed by atoms with E-state index in [2.05, 4.69) is 15.3 Å². The first kappa shape index (κ1) is 21.1. The molecule has 3 N–H and O–H groups in total. The van der Waals surface area contributed by atoms with Gasteiger partial charge in [0.15, 0.2) is 5.75 Å². The lowest BCUT2D eigenvalue weighted by molar-refractivity contribution is 0.489. The number of H-pyrrole nitrogens is 1. The number of nitrogens with zero attached hydrogens (tertiary/aromatic N) is 2. The number of aromatic amines is 1. The highest BCUT2D eigenvalue weighted by Gasteiger charge is 2.16. The van der Waals surface area contributed by atoms with Gasteiger partial charge in [0.05, 0.1) is 11.2 Å². The summed E-state index contributed by atoms with van der Waals surface area (Å²) in [4.78, 5) is 20.1. The Labute approximate surface area is 185 Å². The van der Waals surface area contributed by atoms with Crippen molar-refractivity contribution in [3.63, 3.8) is 0 Å². The van der Waals surface area contributed by atoms with Crippen LogP contribution in [0.4, 0.5) is 0 Å². The van der Waals surface area contributed by atoms with Crippen LogP contribution >= 0.6 is 0 Å². The predicted molar refractivity (Wildman–Crippen MR) is 128 cm³/mol. The van der Waals surface area contributed by atoms with E-state index in [1.54, 1.807) is 44.1 Å². The number of hydrogen-bond donors (Lipinski definition) is 3. The van der Waals surface area contributed by atoms with Crippen molar-refractivity contribution >= 4 is 16.7 Å². The van der Waals surface area contributed by atoms with Gasteiger partial charge < -0.3 is 25.0 Å². The molecular weight excluding hydrogens is 402 g/mol. The number of imidazole rings is 1. The lowest BCUT2D eigenvalue weighted by Crippen LogP contribution is -2.18. The topological polar surface area (TPSA) is 95.8 Å². The summed E-state index contributed by atoms with van der Waals surface area (Å²) in [5, 5.41) is 11.0. The summed E-state index contributed by atoms with van der Waals surface area (Å²) in [6.07, 6.45) is 5.22. The van der Waals surface area contributed by atoms with Gasteiger partial charge in [0.25, 0.3) is 5.56 Å². The summed E-state index contributed by atoms with van der Waals surface area (Å²) in [7, 11) is 3.54. The van der Waals surface area contributed by atoms with E-state index in [0.29, 0.717) is 22.8 Å². The van der Waals surface area contributed by atoms with Gasteiger partial charge >= 0.3 is 0 Å². The monoisotopic (exact) mass is 427 g/mol. The Morgan fingerprint density at radius 3 is 2.62 bits per heavy atom. The average molecular weight is 428 g/mol. The Kier molecular flexibility index (Phi) is 5.64. The van der Waals surface area contributed by atoms with Crippen LogP contribution in [0.2, 0.25) is 0 Å². The van der Waals surface area contributed by atoms with Crippen LogP contribution in [-0.2, 0) is 7.05 Å². The largest absolute Gasteiger partial charge is 0.454 e. The molecule has 0 unspecified atom stereocenters. The van der Waals surface area contributed by atoms with Crippen LogP contribution in [0.5, 0.6) is 11.5 Å². The maximum Gasteiger partial charge on any atom is 0.253 e. The normalized spacial score (nSPS) is 11.2. The molecule has 0 aliphatic rings. The van der Waals surface area contributed by atoms with Gasteiger partial charge in [0.2, 0.25) is 0 Å². The maximum absolute atomic E-state index is 12.2. The summed E-state index contributed by atoms with van der Waals surface area (Å²) in [5.41, 5.74) is 5.13. The molecule has 7 heteroatoms. The summed E-state index contributed by atoms with van der Waals surface area (Å²) >= 11 is 0. The van der Waals surface area contributed by atoms with Crippen molar-refractivity contribution in [3.8, 4) is 22.6 Å². The van der Waals surface area contributed by atoms with E-state index in [9.17, 15) is 4.79 Å². The zero-order valence-corrected chi connectivity index (χ0v) is 18.5. The molecule has 0 radical (unpaired) electrons. The van der Waals surface area contributed by atoms with E-state index in [1.165, 1.54) is 0 Å². The van der Waals surface area contributed by atoms with Crippen LogP contribution in [0, 0.1) is 19.3 Å². The number of fused-ring (bicyclic) bond motifs is 1. The minimum atomic E-state index is -0.0294. The van der Waals surface area contributed by atoms with E-state index in [4.69, 9.17) is 10.1 Å². The number of allylic oxidation sites excluding steroid dienone is 1. The smallest absolute Gasteiger partial charge is 0.253 e. The molecule has 32 heavy (non-hydrogen) atoms. The fourth-order valence-corrected chi connectivity index (χ4v) is 3.61. The number of pyridine rings is 1. The number of aryl methyl sites for hydroxylation is 3. The number of hydrogen-bond acceptors (Lipinski definition) is 5. The van der Waals surface area contributed by atoms with Crippen LogP contribution in [-0.4, -0.2) is 27.3 Å². The highest BCUT2D eigenvalue weighted by atomic mass is 16.5.